The van der Waals surface area contributed by atoms with Crippen LogP contribution in [0.1, 0.15) is 38.5 Å². The van der Waals surface area contributed by atoms with Gasteiger partial charge in [-0.05, 0) is 31.2 Å². The van der Waals surface area contributed by atoms with E-state index in [2.05, 4.69) is 10.0 Å². The van der Waals surface area contributed by atoms with E-state index in [1.54, 1.807) is 7.05 Å². The van der Waals surface area contributed by atoms with Gasteiger partial charge in [0.15, 0.2) is 0 Å². The molecule has 0 amide bonds. The predicted molar refractivity (Wildman–Crippen MR) is 101 cm³/mol. The third kappa shape index (κ3) is 6.36. The number of sulfonamides is 2. The minimum Gasteiger partial charge on any atom is -0.326 e. The molecule has 0 aromatic carbocycles. The molecular weight excluding hydrogens is 380 g/mol. The molecule has 0 saturated heterocycles. The second-order valence-corrected chi connectivity index (χ2v) is 11.1. The van der Waals surface area contributed by atoms with Crippen LogP contribution in [-0.2, 0) is 20.0 Å². The number of hydrogen-bond donors (Lipinski definition) is 1. The van der Waals surface area contributed by atoms with Gasteiger partial charge >= 0.3 is 0 Å². The Morgan fingerprint density at radius 2 is 1.38 bits per heavy atom. The van der Waals surface area contributed by atoms with E-state index in [9.17, 15) is 16.8 Å². The predicted octanol–water partition coefficient (Wildman–Crippen LogP) is 0.867. The molecule has 12 heteroatoms. The average Bonchev–Trinajstić information content (AvgIpc) is 3.14. The van der Waals surface area contributed by atoms with Gasteiger partial charge in [0.05, 0.1) is 18.6 Å². The molecule has 0 aromatic rings. The molecule has 4 atom stereocenters. The molecule has 0 radical (unpaired) electrons. The second kappa shape index (κ2) is 9.34. The topological polar surface area (TPSA) is 150 Å². The highest BCUT2D eigenvalue weighted by atomic mass is 32.2. The summed E-state index contributed by atoms with van der Waals surface area (Å²) in [6.07, 6.45) is 7.70. The Morgan fingerprint density at radius 3 is 1.81 bits per heavy atom. The highest BCUT2D eigenvalue weighted by Gasteiger charge is 2.33. The minimum atomic E-state index is -3.19. The third-order valence-electron chi connectivity index (χ3n) is 5.16. The fourth-order valence-electron chi connectivity index (χ4n) is 3.46. The maximum Gasteiger partial charge on any atom is 0.211 e. The van der Waals surface area contributed by atoms with E-state index in [4.69, 9.17) is 11.3 Å². The van der Waals surface area contributed by atoms with Crippen molar-refractivity contribution in [2.45, 2.75) is 62.7 Å². The van der Waals surface area contributed by atoms with Gasteiger partial charge in [-0.3, -0.25) is 0 Å². The summed E-state index contributed by atoms with van der Waals surface area (Å²) < 4.78 is 47.5. The molecule has 0 aliphatic heterocycles. The van der Waals surface area contributed by atoms with E-state index in [1.807, 2.05) is 0 Å². The quantitative estimate of drug-likeness (QED) is 0.405. The lowest BCUT2D eigenvalue weighted by Crippen LogP contribution is -2.44. The smallest absolute Gasteiger partial charge is 0.211 e. The zero-order valence-electron chi connectivity index (χ0n) is 15.8. The molecule has 2 aliphatic rings. The van der Waals surface area contributed by atoms with Crippen molar-refractivity contribution in [2.75, 3.05) is 26.6 Å². The maximum absolute atomic E-state index is 11.3. The summed E-state index contributed by atoms with van der Waals surface area (Å²) in [7, 11) is -3.12. The van der Waals surface area contributed by atoms with Crippen molar-refractivity contribution in [1.82, 2.24) is 8.61 Å². The van der Waals surface area contributed by atoms with Gasteiger partial charge in [-0.15, -0.1) is 0 Å². The van der Waals surface area contributed by atoms with Gasteiger partial charge in [0.25, 0.3) is 0 Å². The van der Waals surface area contributed by atoms with Crippen LogP contribution in [-0.4, -0.2) is 76.2 Å². The zero-order chi connectivity index (χ0) is 20.1. The van der Waals surface area contributed by atoms with Crippen LogP contribution in [0.2, 0.25) is 0 Å². The number of hydrogen-bond acceptors (Lipinski definition) is 6. The fraction of sp³-hybridized carbons (Fsp3) is 1.00. The van der Waals surface area contributed by atoms with Crippen LogP contribution in [0.5, 0.6) is 0 Å². The molecule has 2 rings (SSSR count). The molecule has 26 heavy (non-hydrogen) atoms. The van der Waals surface area contributed by atoms with Crippen molar-refractivity contribution in [3.8, 4) is 0 Å². The van der Waals surface area contributed by atoms with Gasteiger partial charge in [0.2, 0.25) is 20.0 Å². The van der Waals surface area contributed by atoms with Crippen molar-refractivity contribution in [3.05, 3.63) is 10.4 Å². The molecule has 0 unspecified atom stereocenters. The maximum atomic E-state index is 11.3. The van der Waals surface area contributed by atoms with Gasteiger partial charge in [0, 0.05) is 37.1 Å². The Balaban J connectivity index is 0.000000263. The van der Waals surface area contributed by atoms with Crippen LogP contribution < -0.4 is 5.73 Å². The molecule has 0 bridgehead atoms. The Labute approximate surface area is 156 Å². The van der Waals surface area contributed by atoms with Crippen LogP contribution in [0.4, 0.5) is 0 Å². The summed E-state index contributed by atoms with van der Waals surface area (Å²) in [5.74, 6) is 0. The number of likely N-dealkylation sites (N-methyl/N-ethyl adjacent to an activating group) is 2. The Hall–Kier alpha value is -0.910. The second-order valence-electron chi connectivity index (χ2n) is 6.99. The van der Waals surface area contributed by atoms with Gasteiger partial charge in [-0.25, -0.2) is 25.4 Å². The number of nitrogens with two attached hydrogens (primary N) is 1. The molecule has 0 aromatic heterocycles. The van der Waals surface area contributed by atoms with E-state index in [0.29, 0.717) is 0 Å². The first-order valence-corrected chi connectivity index (χ1v) is 12.2. The highest BCUT2D eigenvalue weighted by Crippen LogP contribution is 2.27. The summed E-state index contributed by atoms with van der Waals surface area (Å²) in [4.78, 5) is 2.74. The molecule has 2 aliphatic carbocycles. The monoisotopic (exact) mass is 410 g/mol. The standard InChI is InChI=1S/C7H14N4O2S.C7H16N2O2S/c1-11(14(2,12)13)7-5-3-4-6(7)9-10-8;1-9(12(2,10)11)7-5-3-4-6(7)8/h6-7H,3-5H2,1-2H3;6-7H,3-5,8H2,1-2H3/t2*6-,7-/m11/s1. The summed E-state index contributed by atoms with van der Waals surface area (Å²) in [6, 6.07) is -0.342. The van der Waals surface area contributed by atoms with E-state index in [0.717, 1.165) is 38.5 Å². The largest absolute Gasteiger partial charge is 0.326 e. The molecule has 2 saturated carbocycles. The van der Waals surface area contributed by atoms with E-state index >= 15 is 0 Å². The van der Waals surface area contributed by atoms with Gasteiger partial charge < -0.3 is 5.73 Å². The molecule has 0 heterocycles. The SMILES string of the molecule is CN([C@@H]1CCC[C@H]1N)S(C)(=O)=O.CN([C@@H]1CCC[C@H]1N=[N+]=[N-])S(C)(=O)=O. The summed E-state index contributed by atoms with van der Waals surface area (Å²) in [5.41, 5.74) is 14.1. The van der Waals surface area contributed by atoms with E-state index in [-0.39, 0.29) is 24.2 Å². The van der Waals surface area contributed by atoms with Crippen molar-refractivity contribution in [3.63, 3.8) is 0 Å². The van der Waals surface area contributed by atoms with Gasteiger partial charge in [-0.1, -0.05) is 18.0 Å². The highest BCUT2D eigenvalue weighted by molar-refractivity contribution is 7.88. The number of azide groups is 1. The van der Waals surface area contributed by atoms with E-state index in [1.165, 1.54) is 28.2 Å². The molecular formula is C14H30N6O4S2. The molecule has 2 N–H and O–H groups in total. The van der Waals surface area contributed by atoms with Crippen LogP contribution in [0.3, 0.4) is 0 Å². The Kier molecular flexibility index (Phi) is 8.31. The lowest BCUT2D eigenvalue weighted by molar-refractivity contribution is 0.348. The third-order valence-corrected chi connectivity index (χ3v) is 7.79. The summed E-state index contributed by atoms with van der Waals surface area (Å²) in [6.45, 7) is 0. The number of rotatable bonds is 5. The van der Waals surface area contributed by atoms with Gasteiger partial charge in [0.1, 0.15) is 0 Å². The summed E-state index contributed by atoms with van der Waals surface area (Å²) in [5, 5.41) is 3.61. The fourth-order valence-corrected chi connectivity index (χ4v) is 4.95. The van der Waals surface area contributed by atoms with Crippen molar-refractivity contribution < 1.29 is 16.8 Å². The van der Waals surface area contributed by atoms with Crippen LogP contribution in [0.15, 0.2) is 5.11 Å². The average molecular weight is 411 g/mol. The molecule has 2 fully saturated rings. The van der Waals surface area contributed by atoms with E-state index < -0.39 is 20.0 Å². The van der Waals surface area contributed by atoms with Crippen LogP contribution >= 0.6 is 0 Å². The molecule has 152 valence electrons. The first-order valence-electron chi connectivity index (χ1n) is 8.55. The molecule has 0 spiro atoms. The lowest BCUT2D eigenvalue weighted by Gasteiger charge is -2.25. The van der Waals surface area contributed by atoms with Crippen molar-refractivity contribution in [2.24, 2.45) is 10.8 Å². The summed E-state index contributed by atoms with van der Waals surface area (Å²) >= 11 is 0. The van der Waals surface area contributed by atoms with Crippen LogP contribution in [0, 0.1) is 0 Å². The first kappa shape index (κ1) is 23.1. The number of nitrogens with zero attached hydrogens (tertiary/aromatic N) is 5. The Morgan fingerprint density at radius 1 is 0.923 bits per heavy atom. The molecule has 10 nitrogen and oxygen atoms in total. The van der Waals surface area contributed by atoms with Crippen LogP contribution in [0.25, 0.3) is 10.4 Å². The normalized spacial score (nSPS) is 29.3. The minimum absolute atomic E-state index is 0.0139. The van der Waals surface area contributed by atoms with Gasteiger partial charge in [-0.2, -0.15) is 0 Å². The first-order chi connectivity index (χ1) is 11.9. The zero-order valence-corrected chi connectivity index (χ0v) is 17.4. The van der Waals surface area contributed by atoms with Crippen molar-refractivity contribution >= 4 is 20.0 Å². The van der Waals surface area contributed by atoms with Crippen molar-refractivity contribution in [1.29, 1.82) is 0 Å². The lowest BCUT2D eigenvalue weighted by atomic mass is 10.2. The Bertz CT molecular complexity index is 720.